The van der Waals surface area contributed by atoms with E-state index in [1.807, 2.05) is 18.4 Å². The number of nitrogens with one attached hydrogen (secondary N) is 2. The monoisotopic (exact) mass is 396 g/mol. The van der Waals surface area contributed by atoms with Gasteiger partial charge in [-0.25, -0.2) is 0 Å². The molecular formula is C19H32N4OS2. The topological polar surface area (TPSA) is 48.9 Å². The Bertz CT molecular complexity index is 592. The standard InChI is InChI=1S/C19H32N4OS2/c1-15-5-6-17(26-15)16(23-8-10-24-11-9-23)13-21-18(20-3)22-14-19(2)7-4-12-25-19/h5-6,16H,4,7-14H2,1-3H3,(H2,20,21,22). The Morgan fingerprint density at radius 3 is 2.77 bits per heavy atom. The summed E-state index contributed by atoms with van der Waals surface area (Å²) in [4.78, 5) is 9.76. The molecule has 1 aromatic heterocycles. The summed E-state index contributed by atoms with van der Waals surface area (Å²) in [6.07, 6.45) is 2.61. The zero-order valence-corrected chi connectivity index (χ0v) is 17.8. The SMILES string of the molecule is CN=C(NCC(c1ccc(C)s1)N1CCOCC1)NCC1(C)CCCS1. The quantitative estimate of drug-likeness (QED) is 0.572. The van der Waals surface area contributed by atoms with Crippen LogP contribution in [0.4, 0.5) is 0 Å². The number of ether oxygens (including phenoxy) is 1. The maximum Gasteiger partial charge on any atom is 0.191 e. The van der Waals surface area contributed by atoms with Gasteiger partial charge < -0.3 is 15.4 Å². The van der Waals surface area contributed by atoms with E-state index in [1.165, 1.54) is 28.3 Å². The first-order valence-corrected chi connectivity index (χ1v) is 11.4. The third kappa shape index (κ3) is 5.38. The van der Waals surface area contributed by atoms with Crippen LogP contribution < -0.4 is 10.6 Å². The normalized spacial score (nSPS) is 26.0. The van der Waals surface area contributed by atoms with E-state index in [1.54, 1.807) is 0 Å². The molecule has 0 amide bonds. The van der Waals surface area contributed by atoms with Crippen molar-refractivity contribution in [1.82, 2.24) is 15.5 Å². The van der Waals surface area contributed by atoms with Crippen molar-refractivity contribution in [2.45, 2.75) is 37.5 Å². The van der Waals surface area contributed by atoms with Gasteiger partial charge in [0.1, 0.15) is 0 Å². The van der Waals surface area contributed by atoms with Crippen LogP contribution in [-0.2, 0) is 4.74 Å². The van der Waals surface area contributed by atoms with Crippen molar-refractivity contribution in [1.29, 1.82) is 0 Å². The molecule has 2 saturated heterocycles. The predicted octanol–water partition coefficient (Wildman–Crippen LogP) is 2.88. The zero-order valence-electron chi connectivity index (χ0n) is 16.2. The molecule has 5 nitrogen and oxygen atoms in total. The van der Waals surface area contributed by atoms with E-state index in [9.17, 15) is 0 Å². The molecular weight excluding hydrogens is 364 g/mol. The molecule has 0 bridgehead atoms. The van der Waals surface area contributed by atoms with Gasteiger partial charge >= 0.3 is 0 Å². The van der Waals surface area contributed by atoms with Crippen LogP contribution in [0, 0.1) is 6.92 Å². The molecule has 2 fully saturated rings. The fourth-order valence-electron chi connectivity index (χ4n) is 3.59. The fraction of sp³-hybridized carbons (Fsp3) is 0.737. The van der Waals surface area contributed by atoms with Gasteiger partial charge in [0.15, 0.2) is 5.96 Å². The summed E-state index contributed by atoms with van der Waals surface area (Å²) >= 11 is 3.97. The van der Waals surface area contributed by atoms with E-state index < -0.39 is 0 Å². The molecule has 146 valence electrons. The number of rotatable bonds is 6. The zero-order chi connectivity index (χ0) is 18.4. The highest BCUT2D eigenvalue weighted by atomic mass is 32.2. The Kier molecular flexibility index (Phi) is 7.26. The smallest absolute Gasteiger partial charge is 0.191 e. The summed E-state index contributed by atoms with van der Waals surface area (Å²) in [7, 11) is 1.86. The summed E-state index contributed by atoms with van der Waals surface area (Å²) < 4.78 is 5.89. The Morgan fingerprint density at radius 2 is 2.15 bits per heavy atom. The molecule has 0 aromatic carbocycles. The second-order valence-electron chi connectivity index (χ2n) is 7.32. The average molecular weight is 397 g/mol. The van der Waals surface area contributed by atoms with Gasteiger partial charge in [-0.05, 0) is 44.6 Å². The van der Waals surface area contributed by atoms with Crippen LogP contribution in [0.15, 0.2) is 17.1 Å². The summed E-state index contributed by atoms with van der Waals surface area (Å²) in [5.41, 5.74) is 0. The lowest BCUT2D eigenvalue weighted by atomic mass is 10.1. The Hall–Kier alpha value is -0.760. The van der Waals surface area contributed by atoms with Gasteiger partial charge in [-0.3, -0.25) is 9.89 Å². The second kappa shape index (κ2) is 9.44. The molecule has 2 aliphatic heterocycles. The predicted molar refractivity (Wildman–Crippen MR) is 114 cm³/mol. The minimum Gasteiger partial charge on any atom is -0.379 e. The molecule has 3 rings (SSSR count). The number of nitrogens with zero attached hydrogens (tertiary/aromatic N) is 2. The van der Waals surface area contributed by atoms with Crippen LogP contribution in [0.3, 0.4) is 0 Å². The van der Waals surface area contributed by atoms with Crippen LogP contribution in [0.1, 0.15) is 35.6 Å². The van der Waals surface area contributed by atoms with E-state index in [-0.39, 0.29) is 0 Å². The van der Waals surface area contributed by atoms with Crippen LogP contribution in [0.25, 0.3) is 0 Å². The molecule has 3 heterocycles. The van der Waals surface area contributed by atoms with Gasteiger partial charge in [-0.2, -0.15) is 11.8 Å². The van der Waals surface area contributed by atoms with Gasteiger partial charge in [0.2, 0.25) is 0 Å². The molecule has 0 spiro atoms. The Morgan fingerprint density at radius 1 is 1.35 bits per heavy atom. The van der Waals surface area contributed by atoms with Crippen molar-refractivity contribution in [2.75, 3.05) is 52.2 Å². The van der Waals surface area contributed by atoms with Crippen molar-refractivity contribution in [3.8, 4) is 0 Å². The van der Waals surface area contributed by atoms with Crippen molar-refractivity contribution in [2.24, 2.45) is 4.99 Å². The van der Waals surface area contributed by atoms with Gasteiger partial charge in [-0.1, -0.05) is 0 Å². The molecule has 2 aliphatic rings. The number of guanidine groups is 1. The third-order valence-corrected chi connectivity index (χ3v) is 7.83. The molecule has 26 heavy (non-hydrogen) atoms. The number of hydrogen-bond acceptors (Lipinski definition) is 5. The number of aliphatic imine (C=N–C) groups is 1. The van der Waals surface area contributed by atoms with Gasteiger partial charge in [-0.15, -0.1) is 11.3 Å². The van der Waals surface area contributed by atoms with Crippen molar-refractivity contribution in [3.63, 3.8) is 0 Å². The number of thioether (sulfide) groups is 1. The molecule has 2 N–H and O–H groups in total. The summed E-state index contributed by atoms with van der Waals surface area (Å²) in [5.74, 6) is 2.19. The van der Waals surface area contributed by atoms with Crippen molar-refractivity contribution in [3.05, 3.63) is 21.9 Å². The number of hydrogen-bond donors (Lipinski definition) is 2. The molecule has 7 heteroatoms. The average Bonchev–Trinajstić information content (AvgIpc) is 3.28. The molecule has 0 radical (unpaired) electrons. The van der Waals surface area contributed by atoms with Gasteiger partial charge in [0, 0.05) is 47.7 Å². The van der Waals surface area contributed by atoms with Gasteiger partial charge in [0.05, 0.1) is 19.3 Å². The van der Waals surface area contributed by atoms with E-state index in [4.69, 9.17) is 4.74 Å². The lowest BCUT2D eigenvalue weighted by Gasteiger charge is -2.34. The first-order chi connectivity index (χ1) is 12.6. The molecule has 0 aliphatic carbocycles. The van der Waals surface area contributed by atoms with E-state index >= 15 is 0 Å². The third-order valence-electron chi connectivity index (χ3n) is 5.19. The highest BCUT2D eigenvalue weighted by Gasteiger charge is 2.29. The number of thiophene rings is 1. The maximum atomic E-state index is 5.55. The second-order valence-corrected chi connectivity index (χ2v) is 10.3. The van der Waals surface area contributed by atoms with Gasteiger partial charge in [0.25, 0.3) is 0 Å². The lowest BCUT2D eigenvalue weighted by Crippen LogP contribution is -2.48. The summed E-state index contributed by atoms with van der Waals surface area (Å²) in [6, 6.07) is 4.86. The largest absolute Gasteiger partial charge is 0.379 e. The fourth-order valence-corrected chi connectivity index (χ4v) is 5.85. The van der Waals surface area contributed by atoms with E-state index in [0.29, 0.717) is 10.8 Å². The first-order valence-electron chi connectivity index (χ1n) is 9.56. The minimum absolute atomic E-state index is 0.339. The lowest BCUT2D eigenvalue weighted by molar-refractivity contribution is 0.0177. The molecule has 2 atom stereocenters. The molecule has 0 saturated carbocycles. The van der Waals surface area contributed by atoms with Crippen LogP contribution in [0.5, 0.6) is 0 Å². The summed E-state index contributed by atoms with van der Waals surface area (Å²) in [6.45, 7) is 10.00. The highest BCUT2D eigenvalue weighted by molar-refractivity contribution is 8.00. The van der Waals surface area contributed by atoms with E-state index in [0.717, 1.165) is 45.4 Å². The van der Waals surface area contributed by atoms with Crippen molar-refractivity contribution < 1.29 is 4.74 Å². The highest BCUT2D eigenvalue weighted by Crippen LogP contribution is 2.36. The van der Waals surface area contributed by atoms with Crippen LogP contribution in [0.2, 0.25) is 0 Å². The number of morpholine rings is 1. The molecule has 2 unspecified atom stereocenters. The minimum atomic E-state index is 0.339. The molecule has 1 aromatic rings. The van der Waals surface area contributed by atoms with Crippen LogP contribution >= 0.6 is 23.1 Å². The van der Waals surface area contributed by atoms with Crippen molar-refractivity contribution >= 4 is 29.1 Å². The Balaban J connectivity index is 1.58. The van der Waals surface area contributed by atoms with E-state index in [2.05, 4.69) is 58.3 Å². The van der Waals surface area contributed by atoms with Crippen LogP contribution in [-0.4, -0.2) is 67.8 Å². The summed E-state index contributed by atoms with van der Waals surface area (Å²) in [5, 5.41) is 7.11. The first kappa shape index (κ1) is 20.0. The Labute approximate surface area is 166 Å². The number of aryl methyl sites for hydroxylation is 1. The maximum absolute atomic E-state index is 5.55.